The van der Waals surface area contributed by atoms with Gasteiger partial charge in [-0.05, 0) is 37.0 Å². The molecule has 0 aromatic heterocycles. The molecule has 2 aromatic rings. The average molecular weight is 393 g/mol. The second-order valence-corrected chi connectivity index (χ2v) is 7.75. The Morgan fingerprint density at radius 3 is 2.34 bits per heavy atom. The summed E-state index contributed by atoms with van der Waals surface area (Å²) in [6.07, 6.45) is 1.67. The molecule has 1 aliphatic rings. The van der Waals surface area contributed by atoms with Crippen molar-refractivity contribution >= 4 is 11.9 Å². The Kier molecular flexibility index (Phi) is 7.28. The van der Waals surface area contributed by atoms with Gasteiger partial charge in [0.05, 0.1) is 6.54 Å². The van der Waals surface area contributed by atoms with Gasteiger partial charge in [-0.15, -0.1) is 0 Å². The zero-order valence-corrected chi connectivity index (χ0v) is 17.8. The van der Waals surface area contributed by atoms with E-state index in [1.54, 1.807) is 0 Å². The zero-order valence-electron chi connectivity index (χ0n) is 17.8. The first kappa shape index (κ1) is 20.9. The van der Waals surface area contributed by atoms with Crippen LogP contribution in [0.15, 0.2) is 53.5 Å². The van der Waals surface area contributed by atoms with Gasteiger partial charge in [-0.25, -0.2) is 4.99 Å². The molecule has 1 aliphatic heterocycles. The molecular weight excluding hydrogens is 360 g/mol. The summed E-state index contributed by atoms with van der Waals surface area (Å²) in [4.78, 5) is 20.7. The van der Waals surface area contributed by atoms with Crippen LogP contribution >= 0.6 is 0 Å². The maximum Gasteiger partial charge on any atom is 0.222 e. The number of hydrogen-bond donors (Lipinski definition) is 1. The van der Waals surface area contributed by atoms with E-state index in [0.29, 0.717) is 19.5 Å². The fourth-order valence-electron chi connectivity index (χ4n) is 3.52. The maximum absolute atomic E-state index is 11.8. The van der Waals surface area contributed by atoms with Crippen LogP contribution in [0.4, 0.5) is 0 Å². The van der Waals surface area contributed by atoms with Gasteiger partial charge in [-0.2, -0.15) is 0 Å². The van der Waals surface area contributed by atoms with Gasteiger partial charge in [-0.3, -0.25) is 4.79 Å². The van der Waals surface area contributed by atoms with Crippen LogP contribution in [-0.4, -0.2) is 41.8 Å². The number of amides is 1. The Labute approximate surface area is 174 Å². The number of hydrogen-bond acceptors (Lipinski definition) is 2. The maximum atomic E-state index is 11.8. The minimum absolute atomic E-state index is 0.269. The second-order valence-electron chi connectivity index (χ2n) is 7.75. The van der Waals surface area contributed by atoms with Gasteiger partial charge in [0.2, 0.25) is 5.91 Å². The number of aliphatic imine (C=N–C) groups is 1. The van der Waals surface area contributed by atoms with Crippen molar-refractivity contribution in [3.8, 4) is 0 Å². The smallest absolute Gasteiger partial charge is 0.222 e. The van der Waals surface area contributed by atoms with Crippen molar-refractivity contribution in [2.75, 3.05) is 20.1 Å². The summed E-state index contributed by atoms with van der Waals surface area (Å²) in [6, 6.07) is 17.1. The van der Waals surface area contributed by atoms with Crippen LogP contribution in [0.3, 0.4) is 0 Å². The first-order valence-corrected chi connectivity index (χ1v) is 10.5. The minimum atomic E-state index is 0.269. The molecule has 1 fully saturated rings. The Hall–Kier alpha value is -2.82. The van der Waals surface area contributed by atoms with Gasteiger partial charge in [0, 0.05) is 39.6 Å². The zero-order chi connectivity index (χ0) is 20.6. The number of likely N-dealkylation sites (tertiary alicyclic amines) is 1. The number of benzene rings is 2. The summed E-state index contributed by atoms with van der Waals surface area (Å²) in [7, 11) is 2.07. The standard InChI is InChI=1S/C24H32N4O/c1-4-25-24(27(3)17-21-9-7-19(2)8-10-21)26-16-20-11-13-22(14-12-20)18-28-15-5-6-23(28)29/h7-14H,4-6,15-18H2,1-3H3,(H,25,26). The van der Waals surface area contributed by atoms with E-state index >= 15 is 0 Å². The highest BCUT2D eigenvalue weighted by Crippen LogP contribution is 2.15. The summed E-state index contributed by atoms with van der Waals surface area (Å²) in [5.41, 5.74) is 4.89. The predicted molar refractivity (Wildman–Crippen MR) is 119 cm³/mol. The first-order valence-electron chi connectivity index (χ1n) is 10.5. The van der Waals surface area contributed by atoms with Gasteiger partial charge in [-0.1, -0.05) is 54.1 Å². The number of carbonyl (C=O) groups excluding carboxylic acids is 1. The summed E-state index contributed by atoms with van der Waals surface area (Å²) in [5.74, 6) is 1.17. The van der Waals surface area contributed by atoms with Gasteiger partial charge >= 0.3 is 0 Å². The molecule has 1 amide bonds. The number of rotatable bonds is 7. The molecule has 0 atom stereocenters. The summed E-state index contributed by atoms with van der Waals surface area (Å²) < 4.78 is 0. The van der Waals surface area contributed by atoms with E-state index in [0.717, 1.165) is 32.0 Å². The van der Waals surface area contributed by atoms with Gasteiger partial charge in [0.25, 0.3) is 0 Å². The van der Waals surface area contributed by atoms with Crippen molar-refractivity contribution in [1.82, 2.24) is 15.1 Å². The molecule has 5 heteroatoms. The van der Waals surface area contributed by atoms with Crippen LogP contribution in [-0.2, 0) is 24.4 Å². The lowest BCUT2D eigenvalue weighted by molar-refractivity contribution is -0.128. The molecule has 3 rings (SSSR count). The van der Waals surface area contributed by atoms with E-state index in [1.165, 1.54) is 22.3 Å². The molecule has 0 radical (unpaired) electrons. The number of nitrogens with zero attached hydrogens (tertiary/aromatic N) is 3. The first-order chi connectivity index (χ1) is 14.0. The highest BCUT2D eigenvalue weighted by atomic mass is 16.2. The Balaban J connectivity index is 1.60. The molecule has 1 heterocycles. The van der Waals surface area contributed by atoms with Crippen molar-refractivity contribution < 1.29 is 4.79 Å². The molecule has 0 aliphatic carbocycles. The topological polar surface area (TPSA) is 47.9 Å². The Morgan fingerprint density at radius 2 is 1.72 bits per heavy atom. The van der Waals surface area contributed by atoms with E-state index in [-0.39, 0.29) is 5.91 Å². The van der Waals surface area contributed by atoms with E-state index in [1.807, 2.05) is 4.90 Å². The number of guanidine groups is 1. The molecule has 0 spiro atoms. The van der Waals surface area contributed by atoms with Crippen LogP contribution in [0, 0.1) is 6.92 Å². The number of nitrogens with one attached hydrogen (secondary N) is 1. The predicted octanol–water partition coefficient (Wildman–Crippen LogP) is 3.71. The lowest BCUT2D eigenvalue weighted by Gasteiger charge is -2.22. The van der Waals surface area contributed by atoms with Crippen molar-refractivity contribution in [3.63, 3.8) is 0 Å². The third kappa shape index (κ3) is 6.08. The van der Waals surface area contributed by atoms with Crippen molar-refractivity contribution in [2.24, 2.45) is 4.99 Å². The molecule has 0 bridgehead atoms. The Bertz CT molecular complexity index is 827. The van der Waals surface area contributed by atoms with Crippen LogP contribution < -0.4 is 5.32 Å². The third-order valence-electron chi connectivity index (χ3n) is 5.22. The fourth-order valence-corrected chi connectivity index (χ4v) is 3.52. The molecule has 5 nitrogen and oxygen atoms in total. The average Bonchev–Trinajstić information content (AvgIpc) is 3.12. The summed E-state index contributed by atoms with van der Waals surface area (Å²) in [6.45, 7) is 8.06. The van der Waals surface area contributed by atoms with Crippen LogP contribution in [0.5, 0.6) is 0 Å². The monoisotopic (exact) mass is 392 g/mol. The molecule has 1 N–H and O–H groups in total. The number of carbonyl (C=O) groups is 1. The lowest BCUT2D eigenvalue weighted by atomic mass is 10.1. The molecule has 0 unspecified atom stereocenters. The fraction of sp³-hybridized carbons (Fsp3) is 0.417. The van der Waals surface area contributed by atoms with Crippen molar-refractivity contribution in [2.45, 2.75) is 46.3 Å². The van der Waals surface area contributed by atoms with Crippen LogP contribution in [0.25, 0.3) is 0 Å². The van der Waals surface area contributed by atoms with Gasteiger partial charge in [0.15, 0.2) is 5.96 Å². The van der Waals surface area contributed by atoms with Crippen molar-refractivity contribution in [3.05, 3.63) is 70.8 Å². The van der Waals surface area contributed by atoms with E-state index < -0.39 is 0 Å². The largest absolute Gasteiger partial charge is 0.357 e. The van der Waals surface area contributed by atoms with Crippen LogP contribution in [0.2, 0.25) is 0 Å². The quantitative estimate of drug-likeness (QED) is 0.577. The van der Waals surface area contributed by atoms with Crippen molar-refractivity contribution in [1.29, 1.82) is 0 Å². The molecule has 1 saturated heterocycles. The highest BCUT2D eigenvalue weighted by Gasteiger charge is 2.19. The normalized spacial score (nSPS) is 14.4. The third-order valence-corrected chi connectivity index (χ3v) is 5.22. The van der Waals surface area contributed by atoms with E-state index in [9.17, 15) is 4.79 Å². The van der Waals surface area contributed by atoms with E-state index in [2.05, 4.69) is 79.6 Å². The van der Waals surface area contributed by atoms with Crippen LogP contribution in [0.1, 0.15) is 42.0 Å². The molecule has 2 aromatic carbocycles. The molecule has 29 heavy (non-hydrogen) atoms. The lowest BCUT2D eigenvalue weighted by Crippen LogP contribution is -2.38. The number of aryl methyl sites for hydroxylation is 1. The minimum Gasteiger partial charge on any atom is -0.357 e. The molecular formula is C24H32N4O. The van der Waals surface area contributed by atoms with Gasteiger partial charge < -0.3 is 15.1 Å². The molecule has 154 valence electrons. The highest BCUT2D eigenvalue weighted by molar-refractivity contribution is 5.79. The molecule has 0 saturated carbocycles. The van der Waals surface area contributed by atoms with Gasteiger partial charge in [0.1, 0.15) is 0 Å². The van der Waals surface area contributed by atoms with E-state index in [4.69, 9.17) is 4.99 Å². The second kappa shape index (κ2) is 10.1. The summed E-state index contributed by atoms with van der Waals surface area (Å²) in [5, 5.41) is 3.38. The summed E-state index contributed by atoms with van der Waals surface area (Å²) >= 11 is 0. The SMILES string of the molecule is CCNC(=NCc1ccc(CN2CCCC2=O)cc1)N(C)Cc1ccc(C)cc1. The Morgan fingerprint density at radius 1 is 1.07 bits per heavy atom.